The Morgan fingerprint density at radius 2 is 1.61 bits per heavy atom. The van der Waals surface area contributed by atoms with Crippen LogP contribution in [0.25, 0.3) is 0 Å². The van der Waals surface area contributed by atoms with Crippen molar-refractivity contribution in [2.24, 2.45) is 34.0 Å². The fourth-order valence-electron chi connectivity index (χ4n) is 2.05. The summed E-state index contributed by atoms with van der Waals surface area (Å²) in [4.78, 5) is 3.84. The van der Waals surface area contributed by atoms with Gasteiger partial charge in [-0.2, -0.15) is 0 Å². The van der Waals surface area contributed by atoms with Gasteiger partial charge in [-0.05, 0) is 37.5 Å². The van der Waals surface area contributed by atoms with Crippen LogP contribution < -0.4 is 22.5 Å². The average molecular weight is 250 g/mol. The number of aliphatic imine (C=N–C) groups is 1. The van der Waals surface area contributed by atoms with E-state index in [1.165, 1.54) is 0 Å². The molecule has 0 saturated heterocycles. The Morgan fingerprint density at radius 3 is 2.11 bits per heavy atom. The molecule has 0 aromatic heterocycles. The summed E-state index contributed by atoms with van der Waals surface area (Å²) >= 11 is 0. The molecular weight excluding hydrogens is 228 g/mol. The molecule has 6 nitrogen and oxygen atoms in total. The molecule has 18 heavy (non-hydrogen) atoms. The number of nitrogens with two attached hydrogens (primary N) is 3. The number of hydrogen-bond acceptors (Lipinski definition) is 2. The second kappa shape index (κ2) is 7.37. The lowest BCUT2D eigenvalue weighted by molar-refractivity contribution is 0.356. The topological polar surface area (TPSA) is 126 Å². The molecule has 0 aromatic carbocycles. The molecular formula is C12H22N6. The molecule has 1 fully saturated rings. The summed E-state index contributed by atoms with van der Waals surface area (Å²) in [5.41, 5.74) is 15.7. The van der Waals surface area contributed by atoms with Crippen molar-refractivity contribution in [3.8, 4) is 0 Å². The highest BCUT2D eigenvalue weighted by molar-refractivity contribution is 5.76. The first-order valence-corrected chi connectivity index (χ1v) is 6.10. The van der Waals surface area contributed by atoms with Gasteiger partial charge in [0, 0.05) is 12.4 Å². The maximum atomic E-state index is 7.03. The Kier molecular flexibility index (Phi) is 5.76. The zero-order chi connectivity index (χ0) is 13.4. The van der Waals surface area contributed by atoms with Gasteiger partial charge >= 0.3 is 0 Å². The molecule has 6 heteroatoms. The van der Waals surface area contributed by atoms with E-state index in [1.54, 1.807) is 12.4 Å². The molecule has 0 heterocycles. The Balaban J connectivity index is 2.28. The highest BCUT2D eigenvalue weighted by atomic mass is 15.0. The first-order valence-electron chi connectivity index (χ1n) is 6.10. The van der Waals surface area contributed by atoms with Gasteiger partial charge in [0.2, 0.25) is 0 Å². The summed E-state index contributed by atoms with van der Waals surface area (Å²) in [5, 5.41) is 9.70. The third-order valence-electron chi connectivity index (χ3n) is 3.01. The van der Waals surface area contributed by atoms with Crippen molar-refractivity contribution in [2.45, 2.75) is 25.7 Å². The van der Waals surface area contributed by atoms with Gasteiger partial charge in [0.15, 0.2) is 11.9 Å². The van der Waals surface area contributed by atoms with Crippen LogP contribution in [0, 0.1) is 17.2 Å². The van der Waals surface area contributed by atoms with Crippen molar-refractivity contribution in [3.05, 3.63) is 24.6 Å². The molecule has 0 spiro atoms. The normalized spacial score (nSPS) is 24.2. The molecule has 0 aliphatic heterocycles. The quantitative estimate of drug-likeness (QED) is 0.369. The van der Waals surface area contributed by atoms with Crippen molar-refractivity contribution in [1.82, 2.24) is 5.32 Å². The standard InChI is InChI=1S/C12H22N6/c13-11(14)17-7-5-9-1-2-10(4-3-9)6-8-18-12(15)16/h5-10H,1-4H2,(H4,13,14,17)(H4,15,16,18)/b7-5-,8-6+. The van der Waals surface area contributed by atoms with Crippen LogP contribution in [0.2, 0.25) is 0 Å². The molecule has 1 aliphatic carbocycles. The third-order valence-corrected chi connectivity index (χ3v) is 3.01. The summed E-state index contributed by atoms with van der Waals surface area (Å²) in [5.74, 6) is 1.18. The number of nitrogens with zero attached hydrogens (tertiary/aromatic N) is 1. The van der Waals surface area contributed by atoms with Crippen LogP contribution in [-0.4, -0.2) is 11.9 Å². The van der Waals surface area contributed by atoms with Gasteiger partial charge in [-0.25, -0.2) is 4.99 Å². The second-order valence-corrected chi connectivity index (χ2v) is 4.49. The molecule has 0 radical (unpaired) electrons. The molecule has 1 aliphatic rings. The van der Waals surface area contributed by atoms with E-state index < -0.39 is 0 Å². The molecule has 100 valence electrons. The van der Waals surface area contributed by atoms with Crippen molar-refractivity contribution < 1.29 is 0 Å². The van der Waals surface area contributed by atoms with Crippen LogP contribution in [-0.2, 0) is 0 Å². The van der Waals surface area contributed by atoms with Crippen LogP contribution in [0.4, 0.5) is 0 Å². The average Bonchev–Trinajstić information content (AvgIpc) is 2.30. The summed E-state index contributed by atoms with van der Waals surface area (Å²) in [6, 6.07) is 0. The predicted molar refractivity (Wildman–Crippen MR) is 74.6 cm³/mol. The lowest BCUT2D eigenvalue weighted by atomic mass is 9.82. The molecule has 8 N–H and O–H groups in total. The van der Waals surface area contributed by atoms with Gasteiger partial charge in [0.05, 0.1) is 0 Å². The summed E-state index contributed by atoms with van der Waals surface area (Å²) in [7, 11) is 0. The zero-order valence-electron chi connectivity index (χ0n) is 10.5. The molecule has 0 atom stereocenters. The van der Waals surface area contributed by atoms with Gasteiger partial charge < -0.3 is 22.5 Å². The fraction of sp³-hybridized carbons (Fsp3) is 0.500. The third kappa shape index (κ3) is 5.93. The second-order valence-electron chi connectivity index (χ2n) is 4.49. The van der Waals surface area contributed by atoms with Crippen molar-refractivity contribution in [2.75, 3.05) is 0 Å². The zero-order valence-corrected chi connectivity index (χ0v) is 10.5. The summed E-state index contributed by atoms with van der Waals surface area (Å²) in [6.07, 6.45) is 12.1. The van der Waals surface area contributed by atoms with Crippen molar-refractivity contribution in [3.63, 3.8) is 0 Å². The maximum absolute atomic E-state index is 7.03. The van der Waals surface area contributed by atoms with Gasteiger partial charge in [-0.3, -0.25) is 5.41 Å². The number of nitrogens with one attached hydrogen (secondary N) is 2. The SMILES string of the molecule is N=C(N)N/C=C\C1CCC(/C=C/N=C(N)N)CC1. The van der Waals surface area contributed by atoms with Crippen LogP contribution >= 0.6 is 0 Å². The minimum atomic E-state index is -0.0277. The minimum Gasteiger partial charge on any atom is -0.370 e. The molecule has 0 bridgehead atoms. The molecule has 1 saturated carbocycles. The Labute approximate surface area is 108 Å². The summed E-state index contributed by atoms with van der Waals surface area (Å²) in [6.45, 7) is 0. The predicted octanol–water partition coefficient (Wildman–Crippen LogP) is 0.577. The molecule has 1 rings (SSSR count). The van der Waals surface area contributed by atoms with Gasteiger partial charge in [0.25, 0.3) is 0 Å². The number of guanidine groups is 2. The minimum absolute atomic E-state index is 0.0277. The highest BCUT2D eigenvalue weighted by Crippen LogP contribution is 2.30. The van der Waals surface area contributed by atoms with E-state index in [0.717, 1.165) is 25.7 Å². The first-order chi connectivity index (χ1) is 8.58. The number of allylic oxidation sites excluding steroid dienone is 2. The lowest BCUT2D eigenvalue weighted by Gasteiger charge is -2.24. The van der Waals surface area contributed by atoms with Crippen molar-refractivity contribution in [1.29, 1.82) is 5.41 Å². The molecule has 0 aromatic rings. The lowest BCUT2D eigenvalue weighted by Crippen LogP contribution is -2.25. The Bertz CT molecular complexity index is 346. The maximum Gasteiger partial charge on any atom is 0.190 e. The fourth-order valence-corrected chi connectivity index (χ4v) is 2.05. The van der Waals surface area contributed by atoms with E-state index in [2.05, 4.69) is 22.5 Å². The number of hydrogen-bond donors (Lipinski definition) is 5. The monoisotopic (exact) mass is 250 g/mol. The van der Waals surface area contributed by atoms with E-state index >= 15 is 0 Å². The Hall–Kier alpha value is -1.98. The molecule has 0 unspecified atom stereocenters. The van der Waals surface area contributed by atoms with Crippen molar-refractivity contribution >= 4 is 11.9 Å². The van der Waals surface area contributed by atoms with Crippen LogP contribution in [0.1, 0.15) is 25.7 Å². The number of rotatable bonds is 4. The van der Waals surface area contributed by atoms with Gasteiger partial charge in [0.1, 0.15) is 0 Å². The van der Waals surface area contributed by atoms with E-state index in [0.29, 0.717) is 11.8 Å². The Morgan fingerprint density at radius 1 is 1.06 bits per heavy atom. The largest absolute Gasteiger partial charge is 0.370 e. The smallest absolute Gasteiger partial charge is 0.190 e. The summed E-state index contributed by atoms with van der Waals surface area (Å²) < 4.78 is 0. The highest BCUT2D eigenvalue weighted by Gasteiger charge is 2.17. The van der Waals surface area contributed by atoms with Crippen LogP contribution in [0.15, 0.2) is 29.5 Å². The van der Waals surface area contributed by atoms with E-state index in [1.807, 2.05) is 0 Å². The van der Waals surface area contributed by atoms with E-state index in [-0.39, 0.29) is 11.9 Å². The van der Waals surface area contributed by atoms with E-state index in [4.69, 9.17) is 22.6 Å². The molecule has 0 amide bonds. The van der Waals surface area contributed by atoms with E-state index in [9.17, 15) is 0 Å². The van der Waals surface area contributed by atoms with Gasteiger partial charge in [-0.15, -0.1) is 0 Å². The van der Waals surface area contributed by atoms with Gasteiger partial charge in [-0.1, -0.05) is 12.2 Å². The first kappa shape index (κ1) is 14.1. The van der Waals surface area contributed by atoms with Crippen LogP contribution in [0.3, 0.4) is 0 Å². The van der Waals surface area contributed by atoms with Crippen LogP contribution in [0.5, 0.6) is 0 Å².